The molecule has 1 aliphatic heterocycles. The highest BCUT2D eigenvalue weighted by Crippen LogP contribution is 2.40. The molecule has 1 aliphatic rings. The van der Waals surface area contributed by atoms with Gasteiger partial charge in [-0.05, 0) is 80.0 Å². The van der Waals surface area contributed by atoms with E-state index in [-0.39, 0.29) is 11.6 Å². The summed E-state index contributed by atoms with van der Waals surface area (Å²) in [5.74, 6) is 3.02. The lowest BCUT2D eigenvalue weighted by atomic mass is 9.97. The summed E-state index contributed by atoms with van der Waals surface area (Å²) < 4.78 is 20.4. The number of ketones is 1. The summed E-state index contributed by atoms with van der Waals surface area (Å²) >= 11 is 1.49. The third kappa shape index (κ3) is 5.14. The third-order valence-corrected chi connectivity index (χ3v) is 7.63. The number of likely N-dealkylation sites (tertiary alicyclic amines) is 1. The second kappa shape index (κ2) is 10.4. The first-order valence-corrected chi connectivity index (χ1v) is 12.7. The first-order chi connectivity index (χ1) is 17.1. The number of piperidine rings is 1. The molecule has 0 bridgehead atoms. The van der Waals surface area contributed by atoms with E-state index in [1.807, 2.05) is 42.5 Å². The summed E-state index contributed by atoms with van der Waals surface area (Å²) in [6, 6.07) is 19.2. The molecule has 35 heavy (non-hydrogen) atoms. The van der Waals surface area contributed by atoms with Gasteiger partial charge in [0.05, 0.1) is 0 Å². The minimum absolute atomic E-state index is 0.0797. The van der Waals surface area contributed by atoms with Crippen LogP contribution in [-0.2, 0) is 0 Å². The Bertz CT molecular complexity index is 1380. The van der Waals surface area contributed by atoms with Crippen LogP contribution < -0.4 is 4.74 Å². The summed E-state index contributed by atoms with van der Waals surface area (Å²) in [7, 11) is 0. The first-order valence-electron chi connectivity index (χ1n) is 11.9. The van der Waals surface area contributed by atoms with E-state index in [1.54, 1.807) is 12.1 Å². The van der Waals surface area contributed by atoms with Crippen molar-refractivity contribution in [1.82, 2.24) is 4.90 Å². The summed E-state index contributed by atoms with van der Waals surface area (Å²) in [5.41, 5.74) is 2.75. The number of hydrogen-bond donors (Lipinski definition) is 0. The maximum atomic E-state index is 13.7. The van der Waals surface area contributed by atoms with Crippen molar-refractivity contribution >= 4 is 27.2 Å². The summed E-state index contributed by atoms with van der Waals surface area (Å²) in [5, 5.41) is 0.847. The normalized spacial score (nSPS) is 14.1. The van der Waals surface area contributed by atoms with E-state index in [0.717, 1.165) is 51.5 Å². The van der Waals surface area contributed by atoms with Crippen molar-refractivity contribution < 1.29 is 13.9 Å². The van der Waals surface area contributed by atoms with Gasteiger partial charge in [0.1, 0.15) is 18.2 Å². The van der Waals surface area contributed by atoms with E-state index in [2.05, 4.69) is 10.8 Å². The Morgan fingerprint density at radius 1 is 1.00 bits per heavy atom. The molecule has 0 atom stereocenters. The molecule has 0 spiro atoms. The number of thiophene rings is 1. The molecule has 2 heterocycles. The lowest BCUT2D eigenvalue weighted by molar-refractivity contribution is 0.104. The van der Waals surface area contributed by atoms with Gasteiger partial charge in [0.2, 0.25) is 0 Å². The summed E-state index contributed by atoms with van der Waals surface area (Å²) in [4.78, 5) is 17.0. The average molecular weight is 484 g/mol. The second-order valence-corrected chi connectivity index (χ2v) is 9.82. The zero-order valence-electron chi connectivity index (χ0n) is 19.4. The molecule has 3 nitrogen and oxygen atoms in total. The van der Waals surface area contributed by atoms with Crippen LogP contribution in [0.2, 0.25) is 0 Å². The highest BCUT2D eigenvalue weighted by Gasteiger charge is 2.22. The molecule has 0 unspecified atom stereocenters. The molecule has 0 N–H and O–H groups in total. The fraction of sp³-hybridized carbons (Fsp3) is 0.233. The second-order valence-electron chi connectivity index (χ2n) is 8.77. The van der Waals surface area contributed by atoms with Gasteiger partial charge >= 0.3 is 0 Å². The number of halogens is 1. The molecule has 176 valence electrons. The molecular formula is C30H26FNO2S. The number of carbonyl (C=O) groups excluding carboxylic acids is 1. The van der Waals surface area contributed by atoms with Crippen molar-refractivity contribution in [2.45, 2.75) is 19.3 Å². The average Bonchev–Trinajstić information content (AvgIpc) is 3.28. The number of terminal acetylenes is 1. The Morgan fingerprint density at radius 2 is 1.74 bits per heavy atom. The van der Waals surface area contributed by atoms with Gasteiger partial charge in [-0.25, -0.2) is 4.39 Å². The van der Waals surface area contributed by atoms with E-state index < -0.39 is 0 Å². The van der Waals surface area contributed by atoms with Crippen LogP contribution in [0.1, 0.15) is 40.7 Å². The lowest BCUT2D eigenvalue weighted by Gasteiger charge is -2.26. The van der Waals surface area contributed by atoms with Crippen molar-refractivity contribution in [3.05, 3.63) is 89.2 Å². The van der Waals surface area contributed by atoms with Gasteiger partial charge < -0.3 is 4.74 Å². The Balaban J connectivity index is 1.41. The highest BCUT2D eigenvalue weighted by molar-refractivity contribution is 7.22. The maximum Gasteiger partial charge on any atom is 0.195 e. The number of nitrogens with zero attached hydrogens (tertiary/aromatic N) is 1. The van der Waals surface area contributed by atoms with Gasteiger partial charge in [0, 0.05) is 38.2 Å². The molecule has 1 saturated heterocycles. The largest absolute Gasteiger partial charge is 0.492 e. The molecule has 0 aliphatic carbocycles. The van der Waals surface area contributed by atoms with E-state index >= 15 is 0 Å². The van der Waals surface area contributed by atoms with Crippen molar-refractivity contribution in [2.24, 2.45) is 0 Å². The fourth-order valence-corrected chi connectivity index (χ4v) is 5.78. The van der Waals surface area contributed by atoms with Gasteiger partial charge in [-0.15, -0.1) is 17.8 Å². The monoisotopic (exact) mass is 483 g/mol. The molecule has 0 radical (unpaired) electrons. The quantitative estimate of drug-likeness (QED) is 0.214. The van der Waals surface area contributed by atoms with Crippen LogP contribution in [0, 0.1) is 18.2 Å². The minimum Gasteiger partial charge on any atom is -0.492 e. The van der Waals surface area contributed by atoms with Gasteiger partial charge in [0.15, 0.2) is 5.78 Å². The molecule has 1 fully saturated rings. The van der Waals surface area contributed by atoms with Crippen LogP contribution in [0.15, 0.2) is 66.7 Å². The SMILES string of the molecule is C#Cc1ccc2c(C(=O)c3ccc(OCCN4CCCCC4)cc3)c(-c3ccc(F)cc3)sc2c1. The number of ether oxygens (including phenoxy) is 1. The Kier molecular flexibility index (Phi) is 6.94. The number of benzene rings is 3. The predicted molar refractivity (Wildman–Crippen MR) is 141 cm³/mol. The molecule has 5 rings (SSSR count). The van der Waals surface area contributed by atoms with Gasteiger partial charge in [-0.2, -0.15) is 0 Å². The fourth-order valence-electron chi connectivity index (χ4n) is 4.54. The van der Waals surface area contributed by atoms with E-state index in [9.17, 15) is 9.18 Å². The number of hydrogen-bond acceptors (Lipinski definition) is 4. The van der Waals surface area contributed by atoms with E-state index in [1.165, 1.54) is 42.7 Å². The molecular weight excluding hydrogens is 457 g/mol. The van der Waals surface area contributed by atoms with Crippen molar-refractivity contribution in [3.63, 3.8) is 0 Å². The maximum absolute atomic E-state index is 13.7. The van der Waals surface area contributed by atoms with Gasteiger partial charge in [0.25, 0.3) is 0 Å². The van der Waals surface area contributed by atoms with E-state index in [0.29, 0.717) is 17.7 Å². The topological polar surface area (TPSA) is 29.5 Å². The highest BCUT2D eigenvalue weighted by atomic mass is 32.1. The summed E-state index contributed by atoms with van der Waals surface area (Å²) in [6.07, 6.45) is 9.43. The molecule has 4 aromatic rings. The molecule has 0 saturated carbocycles. The van der Waals surface area contributed by atoms with Gasteiger partial charge in [-0.1, -0.05) is 30.5 Å². The summed E-state index contributed by atoms with van der Waals surface area (Å²) in [6.45, 7) is 3.84. The van der Waals surface area contributed by atoms with Crippen molar-refractivity contribution in [2.75, 3.05) is 26.2 Å². The molecule has 1 aromatic heterocycles. The van der Waals surface area contributed by atoms with Crippen LogP contribution >= 0.6 is 11.3 Å². The molecule has 0 amide bonds. The van der Waals surface area contributed by atoms with Crippen molar-refractivity contribution in [1.29, 1.82) is 0 Å². The Labute approximate surface area is 209 Å². The van der Waals surface area contributed by atoms with E-state index in [4.69, 9.17) is 11.2 Å². The zero-order chi connectivity index (χ0) is 24.2. The van der Waals surface area contributed by atoms with Crippen LogP contribution in [0.4, 0.5) is 4.39 Å². The Hall–Kier alpha value is -3.46. The Morgan fingerprint density at radius 3 is 2.46 bits per heavy atom. The van der Waals surface area contributed by atoms with Gasteiger partial charge in [-0.3, -0.25) is 9.69 Å². The number of carbonyl (C=O) groups is 1. The molecule has 5 heteroatoms. The third-order valence-electron chi connectivity index (χ3n) is 6.43. The first kappa shape index (κ1) is 23.3. The van der Waals surface area contributed by atoms with Crippen LogP contribution in [0.5, 0.6) is 5.75 Å². The van der Waals surface area contributed by atoms with Crippen LogP contribution in [0.25, 0.3) is 20.5 Å². The standard InChI is InChI=1S/C30H26FNO2S/c1-2-21-6-15-26-27(20-21)35-30(23-7-11-24(31)12-8-23)28(26)29(33)22-9-13-25(14-10-22)34-19-18-32-16-4-3-5-17-32/h1,6-15,20H,3-5,16-19H2. The predicted octanol–water partition coefficient (Wildman–Crippen LogP) is 6.78. The van der Waals surface area contributed by atoms with Crippen LogP contribution in [-0.4, -0.2) is 36.9 Å². The van der Waals surface area contributed by atoms with Crippen molar-refractivity contribution in [3.8, 4) is 28.5 Å². The smallest absolute Gasteiger partial charge is 0.195 e. The lowest BCUT2D eigenvalue weighted by Crippen LogP contribution is -2.33. The van der Waals surface area contributed by atoms with Crippen LogP contribution in [0.3, 0.4) is 0 Å². The zero-order valence-corrected chi connectivity index (χ0v) is 20.2. The molecule has 3 aromatic carbocycles. The minimum atomic E-state index is -0.312. The number of fused-ring (bicyclic) bond motifs is 1. The number of rotatable bonds is 7.